The zero-order chi connectivity index (χ0) is 18.2. The van der Waals surface area contributed by atoms with Crippen molar-refractivity contribution in [2.75, 3.05) is 5.32 Å². The fourth-order valence-corrected chi connectivity index (χ4v) is 3.72. The molecule has 3 aromatic rings. The lowest BCUT2D eigenvalue weighted by Crippen LogP contribution is -2.13. The summed E-state index contributed by atoms with van der Waals surface area (Å²) in [6.45, 7) is 2.09. The van der Waals surface area contributed by atoms with Crippen molar-refractivity contribution in [3.05, 3.63) is 101 Å². The first-order valence-electron chi connectivity index (χ1n) is 8.86. The van der Waals surface area contributed by atoms with Crippen LogP contribution in [0.2, 0.25) is 0 Å². The third kappa shape index (κ3) is 4.99. The number of para-hydroxylation sites is 1. The van der Waals surface area contributed by atoms with Gasteiger partial charge in [-0.25, -0.2) is 0 Å². The molecule has 3 heteroatoms. The lowest BCUT2D eigenvalue weighted by Gasteiger charge is -2.10. The van der Waals surface area contributed by atoms with E-state index < -0.39 is 0 Å². The van der Waals surface area contributed by atoms with E-state index in [4.69, 9.17) is 0 Å². The van der Waals surface area contributed by atoms with Crippen molar-refractivity contribution in [2.45, 2.75) is 24.9 Å². The highest BCUT2D eigenvalue weighted by Crippen LogP contribution is 2.19. The van der Waals surface area contributed by atoms with E-state index in [2.05, 4.69) is 36.5 Å². The summed E-state index contributed by atoms with van der Waals surface area (Å²) in [6, 6.07) is 26.3. The van der Waals surface area contributed by atoms with Crippen molar-refractivity contribution < 1.29 is 4.79 Å². The van der Waals surface area contributed by atoms with Crippen LogP contribution in [0.1, 0.15) is 34.0 Å². The number of rotatable bonds is 7. The average molecular weight is 362 g/mol. The standard InChI is InChI=1S/C23H23NOS/c1-2-20-10-6-7-11-22(20)24-23(25)21-14-12-19(13-15-21)17-26-16-18-8-4-3-5-9-18/h3-15H,2,16-17H2,1H3,(H,24,25). The highest BCUT2D eigenvalue weighted by atomic mass is 32.2. The molecule has 2 nitrogen and oxygen atoms in total. The maximum atomic E-state index is 12.5. The van der Waals surface area contributed by atoms with Crippen molar-refractivity contribution in [2.24, 2.45) is 0 Å². The van der Waals surface area contributed by atoms with Gasteiger partial charge < -0.3 is 5.32 Å². The first-order chi connectivity index (χ1) is 12.8. The molecule has 0 unspecified atom stereocenters. The summed E-state index contributed by atoms with van der Waals surface area (Å²) in [7, 11) is 0. The number of thioether (sulfide) groups is 1. The molecular formula is C23H23NOS. The molecule has 0 aromatic heterocycles. The minimum atomic E-state index is -0.0608. The third-order valence-corrected chi connectivity index (χ3v) is 5.32. The average Bonchev–Trinajstić information content (AvgIpc) is 2.70. The maximum absolute atomic E-state index is 12.5. The normalized spacial score (nSPS) is 10.5. The first-order valence-corrected chi connectivity index (χ1v) is 10.0. The summed E-state index contributed by atoms with van der Waals surface area (Å²) in [5.41, 5.74) is 5.30. The van der Waals surface area contributed by atoms with Gasteiger partial charge in [-0.05, 0) is 41.3 Å². The number of hydrogen-bond donors (Lipinski definition) is 1. The van der Waals surface area contributed by atoms with Crippen molar-refractivity contribution in [1.29, 1.82) is 0 Å². The van der Waals surface area contributed by atoms with E-state index in [1.807, 2.05) is 66.4 Å². The van der Waals surface area contributed by atoms with Gasteiger partial charge in [0.1, 0.15) is 0 Å². The van der Waals surface area contributed by atoms with Gasteiger partial charge in [-0.1, -0.05) is 67.6 Å². The summed E-state index contributed by atoms with van der Waals surface area (Å²) in [5, 5.41) is 3.02. The van der Waals surface area contributed by atoms with Gasteiger partial charge in [-0.15, -0.1) is 0 Å². The number of hydrogen-bond acceptors (Lipinski definition) is 2. The molecule has 0 atom stereocenters. The number of carbonyl (C=O) groups excluding carboxylic acids is 1. The summed E-state index contributed by atoms with van der Waals surface area (Å²) < 4.78 is 0. The van der Waals surface area contributed by atoms with Crippen LogP contribution in [-0.4, -0.2) is 5.91 Å². The number of anilines is 1. The van der Waals surface area contributed by atoms with Gasteiger partial charge in [0.25, 0.3) is 5.91 Å². The van der Waals surface area contributed by atoms with E-state index in [1.54, 1.807) is 0 Å². The van der Waals surface area contributed by atoms with E-state index in [-0.39, 0.29) is 5.91 Å². The monoisotopic (exact) mass is 361 g/mol. The van der Waals surface area contributed by atoms with Crippen molar-refractivity contribution in [1.82, 2.24) is 0 Å². The van der Waals surface area contributed by atoms with Crippen LogP contribution in [0.25, 0.3) is 0 Å². The Bertz CT molecular complexity index is 844. The molecule has 0 saturated carbocycles. The van der Waals surface area contributed by atoms with E-state index in [0.717, 1.165) is 29.2 Å². The molecule has 3 aromatic carbocycles. The Morgan fingerprint density at radius 1 is 0.808 bits per heavy atom. The highest BCUT2D eigenvalue weighted by molar-refractivity contribution is 7.97. The number of aryl methyl sites for hydroxylation is 1. The molecule has 0 fully saturated rings. The fraction of sp³-hybridized carbons (Fsp3) is 0.174. The van der Waals surface area contributed by atoms with Crippen LogP contribution in [-0.2, 0) is 17.9 Å². The smallest absolute Gasteiger partial charge is 0.255 e. The highest BCUT2D eigenvalue weighted by Gasteiger charge is 2.08. The Morgan fingerprint density at radius 3 is 2.12 bits per heavy atom. The van der Waals surface area contributed by atoms with Gasteiger partial charge in [0.05, 0.1) is 0 Å². The molecule has 0 spiro atoms. The largest absolute Gasteiger partial charge is 0.322 e. The second-order valence-electron chi connectivity index (χ2n) is 6.14. The topological polar surface area (TPSA) is 29.1 Å². The van der Waals surface area contributed by atoms with Crippen molar-refractivity contribution in [3.63, 3.8) is 0 Å². The van der Waals surface area contributed by atoms with Crippen LogP contribution in [0.5, 0.6) is 0 Å². The van der Waals surface area contributed by atoms with Gasteiger partial charge in [-0.3, -0.25) is 4.79 Å². The van der Waals surface area contributed by atoms with Crippen LogP contribution in [0.4, 0.5) is 5.69 Å². The molecule has 0 aliphatic carbocycles. The maximum Gasteiger partial charge on any atom is 0.255 e. The number of amides is 1. The van der Waals surface area contributed by atoms with Crippen molar-refractivity contribution in [3.8, 4) is 0 Å². The predicted octanol–water partition coefficient (Wildman–Crippen LogP) is 5.93. The number of carbonyl (C=O) groups is 1. The van der Waals surface area contributed by atoms with Crippen LogP contribution >= 0.6 is 11.8 Å². The minimum absolute atomic E-state index is 0.0608. The fourth-order valence-electron chi connectivity index (χ4n) is 2.76. The SMILES string of the molecule is CCc1ccccc1NC(=O)c1ccc(CSCc2ccccc2)cc1. The molecule has 1 N–H and O–H groups in total. The Hall–Kier alpha value is -2.52. The molecular weight excluding hydrogens is 338 g/mol. The molecule has 132 valence electrons. The molecule has 0 aliphatic heterocycles. The lowest BCUT2D eigenvalue weighted by molar-refractivity contribution is 0.102. The van der Waals surface area contributed by atoms with Crippen molar-refractivity contribution >= 4 is 23.4 Å². The zero-order valence-corrected chi connectivity index (χ0v) is 15.8. The van der Waals surface area contributed by atoms with Crippen LogP contribution in [0.15, 0.2) is 78.9 Å². The molecule has 0 saturated heterocycles. The molecule has 3 rings (SSSR count). The zero-order valence-electron chi connectivity index (χ0n) is 14.9. The van der Waals surface area contributed by atoms with Crippen LogP contribution in [0.3, 0.4) is 0 Å². The molecule has 0 heterocycles. The Balaban J connectivity index is 1.56. The molecule has 26 heavy (non-hydrogen) atoms. The summed E-state index contributed by atoms with van der Waals surface area (Å²) in [6.07, 6.45) is 0.897. The van der Waals surface area contributed by atoms with E-state index in [9.17, 15) is 4.79 Å². The van der Waals surface area contributed by atoms with Gasteiger partial charge in [0, 0.05) is 22.8 Å². The second-order valence-corrected chi connectivity index (χ2v) is 7.13. The summed E-state index contributed by atoms with van der Waals surface area (Å²) >= 11 is 1.88. The number of benzene rings is 3. The summed E-state index contributed by atoms with van der Waals surface area (Å²) in [4.78, 5) is 12.5. The molecule has 0 bridgehead atoms. The van der Waals surface area contributed by atoms with E-state index in [1.165, 1.54) is 11.1 Å². The third-order valence-electron chi connectivity index (χ3n) is 4.24. The van der Waals surface area contributed by atoms with Gasteiger partial charge in [0.2, 0.25) is 0 Å². The molecule has 0 radical (unpaired) electrons. The van der Waals surface area contributed by atoms with E-state index >= 15 is 0 Å². The molecule has 0 aliphatic rings. The Labute approximate surface area is 159 Å². The second kappa shape index (κ2) is 9.25. The van der Waals surface area contributed by atoms with Gasteiger partial charge in [-0.2, -0.15) is 11.8 Å². The molecule has 1 amide bonds. The first kappa shape index (κ1) is 18.3. The lowest BCUT2D eigenvalue weighted by atomic mass is 10.1. The van der Waals surface area contributed by atoms with Gasteiger partial charge >= 0.3 is 0 Å². The number of nitrogens with one attached hydrogen (secondary N) is 1. The van der Waals surface area contributed by atoms with E-state index in [0.29, 0.717) is 5.56 Å². The Morgan fingerprint density at radius 2 is 1.42 bits per heavy atom. The summed E-state index contributed by atoms with van der Waals surface area (Å²) in [5.74, 6) is 1.88. The minimum Gasteiger partial charge on any atom is -0.322 e. The van der Waals surface area contributed by atoms with Gasteiger partial charge in [0.15, 0.2) is 0 Å². The Kier molecular flexibility index (Phi) is 6.50. The quantitative estimate of drug-likeness (QED) is 0.565. The predicted molar refractivity (Wildman–Crippen MR) is 112 cm³/mol. The van der Waals surface area contributed by atoms with Crippen LogP contribution in [0, 0.1) is 0 Å². The van der Waals surface area contributed by atoms with Crippen LogP contribution < -0.4 is 5.32 Å².